The van der Waals surface area contributed by atoms with E-state index in [0.29, 0.717) is 5.75 Å². The van der Waals surface area contributed by atoms with E-state index in [9.17, 15) is 4.79 Å². The van der Waals surface area contributed by atoms with Gasteiger partial charge in [-0.05, 0) is 53.3 Å². The van der Waals surface area contributed by atoms with Crippen molar-refractivity contribution in [2.75, 3.05) is 7.11 Å². The molecule has 24 heavy (non-hydrogen) atoms. The van der Waals surface area contributed by atoms with E-state index in [1.807, 2.05) is 43.3 Å². The van der Waals surface area contributed by atoms with E-state index in [1.165, 1.54) is 11.6 Å². The molecule has 3 heteroatoms. The maximum atomic E-state index is 12.0. The van der Waals surface area contributed by atoms with E-state index < -0.39 is 5.97 Å². The van der Waals surface area contributed by atoms with Crippen LogP contribution < -0.4 is 9.47 Å². The van der Waals surface area contributed by atoms with Crippen molar-refractivity contribution >= 4 is 12.0 Å². The van der Waals surface area contributed by atoms with Crippen LogP contribution in [0.4, 0.5) is 0 Å². The van der Waals surface area contributed by atoms with Crippen LogP contribution in [0.3, 0.4) is 0 Å². The number of benzene rings is 2. The minimum atomic E-state index is -0.399. The summed E-state index contributed by atoms with van der Waals surface area (Å²) in [4.78, 5) is 12.0. The van der Waals surface area contributed by atoms with Gasteiger partial charge in [-0.2, -0.15) is 0 Å². The third-order valence-corrected chi connectivity index (χ3v) is 3.76. The molecule has 0 aliphatic carbocycles. The van der Waals surface area contributed by atoms with Gasteiger partial charge in [-0.15, -0.1) is 0 Å². The molecule has 0 bridgehead atoms. The standard InChI is InChI=1S/C21H24O3/c1-15-13-17(21(2,3)4)10-11-19(15)24-20(22)12-9-16-7-6-8-18(14-16)23-5/h6-14H,1-5H3/b12-9+. The molecular weight excluding hydrogens is 300 g/mol. The van der Waals surface area contributed by atoms with Crippen molar-refractivity contribution in [2.45, 2.75) is 33.1 Å². The molecule has 0 saturated heterocycles. The summed E-state index contributed by atoms with van der Waals surface area (Å²) in [5.74, 6) is 0.937. The molecule has 0 aliphatic rings. The Morgan fingerprint density at radius 3 is 2.46 bits per heavy atom. The highest BCUT2D eigenvalue weighted by molar-refractivity contribution is 5.88. The summed E-state index contributed by atoms with van der Waals surface area (Å²) in [5.41, 5.74) is 3.11. The first-order chi connectivity index (χ1) is 11.3. The van der Waals surface area contributed by atoms with Crippen molar-refractivity contribution < 1.29 is 14.3 Å². The molecule has 0 N–H and O–H groups in total. The Labute approximate surface area is 143 Å². The Kier molecular flexibility index (Phi) is 5.45. The van der Waals surface area contributed by atoms with Gasteiger partial charge in [-0.1, -0.05) is 45.0 Å². The van der Waals surface area contributed by atoms with Crippen LogP contribution in [-0.4, -0.2) is 13.1 Å². The first-order valence-corrected chi connectivity index (χ1v) is 7.94. The van der Waals surface area contributed by atoms with Gasteiger partial charge in [-0.3, -0.25) is 0 Å². The average molecular weight is 324 g/mol. The Morgan fingerprint density at radius 2 is 1.83 bits per heavy atom. The molecule has 0 atom stereocenters. The Hall–Kier alpha value is -2.55. The van der Waals surface area contributed by atoms with Gasteiger partial charge in [-0.25, -0.2) is 4.79 Å². The SMILES string of the molecule is COc1cccc(/C=C/C(=O)Oc2ccc(C(C)(C)C)cc2C)c1. The predicted octanol–water partition coefficient (Wildman–Crippen LogP) is 4.92. The molecule has 0 radical (unpaired) electrons. The number of carbonyl (C=O) groups is 1. The molecular formula is C21H24O3. The summed E-state index contributed by atoms with van der Waals surface area (Å²) >= 11 is 0. The van der Waals surface area contributed by atoms with Gasteiger partial charge < -0.3 is 9.47 Å². The second-order valence-electron chi connectivity index (χ2n) is 6.76. The first-order valence-electron chi connectivity index (χ1n) is 7.94. The Morgan fingerprint density at radius 1 is 1.08 bits per heavy atom. The van der Waals surface area contributed by atoms with Crippen LogP contribution in [0.25, 0.3) is 6.08 Å². The molecule has 2 aromatic rings. The molecule has 0 amide bonds. The van der Waals surface area contributed by atoms with E-state index in [1.54, 1.807) is 13.2 Å². The van der Waals surface area contributed by atoms with Crippen molar-refractivity contribution in [1.82, 2.24) is 0 Å². The fourth-order valence-corrected chi connectivity index (χ4v) is 2.28. The number of esters is 1. The fraction of sp³-hybridized carbons (Fsp3) is 0.286. The molecule has 0 saturated carbocycles. The van der Waals surface area contributed by atoms with Crippen LogP contribution in [-0.2, 0) is 10.2 Å². The average Bonchev–Trinajstić information content (AvgIpc) is 2.54. The van der Waals surface area contributed by atoms with E-state index in [-0.39, 0.29) is 5.41 Å². The summed E-state index contributed by atoms with van der Waals surface area (Å²) in [6.07, 6.45) is 3.13. The molecule has 2 aromatic carbocycles. The van der Waals surface area contributed by atoms with Crippen LogP contribution in [0, 0.1) is 6.92 Å². The van der Waals surface area contributed by atoms with Crippen molar-refractivity contribution in [3.8, 4) is 11.5 Å². The van der Waals surface area contributed by atoms with Gasteiger partial charge in [0.2, 0.25) is 0 Å². The van der Waals surface area contributed by atoms with E-state index in [0.717, 1.165) is 16.9 Å². The maximum absolute atomic E-state index is 12.0. The summed E-state index contributed by atoms with van der Waals surface area (Å²) < 4.78 is 10.6. The zero-order valence-electron chi connectivity index (χ0n) is 14.9. The van der Waals surface area contributed by atoms with Gasteiger partial charge in [0.15, 0.2) is 0 Å². The number of carbonyl (C=O) groups excluding carboxylic acids is 1. The Bertz CT molecular complexity index is 752. The number of aryl methyl sites for hydroxylation is 1. The summed E-state index contributed by atoms with van der Waals surface area (Å²) in [7, 11) is 1.61. The molecule has 0 unspecified atom stereocenters. The zero-order chi connectivity index (χ0) is 17.7. The zero-order valence-corrected chi connectivity index (χ0v) is 14.9. The van der Waals surface area contributed by atoms with Crippen LogP contribution in [0.15, 0.2) is 48.5 Å². The Balaban J connectivity index is 2.08. The van der Waals surface area contributed by atoms with Crippen LogP contribution in [0.5, 0.6) is 11.5 Å². The topological polar surface area (TPSA) is 35.5 Å². The molecule has 0 fully saturated rings. The first kappa shape index (κ1) is 17.8. The van der Waals surface area contributed by atoms with Gasteiger partial charge in [0.05, 0.1) is 7.11 Å². The van der Waals surface area contributed by atoms with Crippen LogP contribution in [0.1, 0.15) is 37.5 Å². The molecule has 126 valence electrons. The van der Waals surface area contributed by atoms with Crippen LogP contribution in [0.2, 0.25) is 0 Å². The smallest absolute Gasteiger partial charge is 0.336 e. The largest absolute Gasteiger partial charge is 0.497 e. The summed E-state index contributed by atoms with van der Waals surface area (Å²) in [6, 6.07) is 13.4. The highest BCUT2D eigenvalue weighted by Gasteiger charge is 2.15. The fourth-order valence-electron chi connectivity index (χ4n) is 2.28. The minimum Gasteiger partial charge on any atom is -0.497 e. The lowest BCUT2D eigenvalue weighted by atomic mass is 9.86. The predicted molar refractivity (Wildman–Crippen MR) is 97.5 cm³/mol. The molecule has 0 spiro atoms. The third-order valence-electron chi connectivity index (χ3n) is 3.76. The quantitative estimate of drug-likeness (QED) is 0.455. The van der Waals surface area contributed by atoms with Gasteiger partial charge in [0.25, 0.3) is 0 Å². The lowest BCUT2D eigenvalue weighted by molar-refractivity contribution is -0.128. The second-order valence-corrected chi connectivity index (χ2v) is 6.76. The molecule has 0 aromatic heterocycles. The summed E-state index contributed by atoms with van der Waals surface area (Å²) in [5, 5.41) is 0. The van der Waals surface area contributed by atoms with Crippen molar-refractivity contribution in [1.29, 1.82) is 0 Å². The van der Waals surface area contributed by atoms with Gasteiger partial charge in [0, 0.05) is 6.08 Å². The van der Waals surface area contributed by atoms with Crippen LogP contribution >= 0.6 is 0 Å². The van der Waals surface area contributed by atoms with Gasteiger partial charge in [0.1, 0.15) is 11.5 Å². The lowest BCUT2D eigenvalue weighted by Crippen LogP contribution is -2.12. The second kappa shape index (κ2) is 7.35. The monoisotopic (exact) mass is 324 g/mol. The molecule has 0 heterocycles. The number of rotatable bonds is 4. The maximum Gasteiger partial charge on any atom is 0.336 e. The number of ether oxygens (including phenoxy) is 2. The van der Waals surface area contributed by atoms with Gasteiger partial charge >= 0.3 is 5.97 Å². The van der Waals surface area contributed by atoms with E-state index >= 15 is 0 Å². The van der Waals surface area contributed by atoms with E-state index in [4.69, 9.17) is 9.47 Å². The minimum absolute atomic E-state index is 0.0690. The number of hydrogen-bond donors (Lipinski definition) is 0. The van der Waals surface area contributed by atoms with Crippen molar-refractivity contribution in [3.63, 3.8) is 0 Å². The highest BCUT2D eigenvalue weighted by Crippen LogP contribution is 2.27. The molecule has 2 rings (SSSR count). The summed E-state index contributed by atoms with van der Waals surface area (Å²) in [6.45, 7) is 8.42. The molecule has 0 aliphatic heterocycles. The lowest BCUT2D eigenvalue weighted by Gasteiger charge is -2.20. The van der Waals surface area contributed by atoms with Crippen molar-refractivity contribution in [2.24, 2.45) is 0 Å². The highest BCUT2D eigenvalue weighted by atomic mass is 16.5. The normalized spacial score (nSPS) is 11.5. The van der Waals surface area contributed by atoms with E-state index in [2.05, 4.69) is 26.8 Å². The third kappa shape index (κ3) is 4.72. The van der Waals surface area contributed by atoms with Crippen molar-refractivity contribution in [3.05, 3.63) is 65.2 Å². The molecule has 3 nitrogen and oxygen atoms in total. The number of methoxy groups -OCH3 is 1. The number of hydrogen-bond acceptors (Lipinski definition) is 3.